The number of carbonyl (C=O) groups is 1. The number of nitrogens with zero attached hydrogens (tertiary/aromatic N) is 2. The first kappa shape index (κ1) is 18.4. The Bertz CT molecular complexity index is 1010. The number of carbonyl (C=O) groups excluding carboxylic acids is 1. The van der Waals surface area contributed by atoms with Crippen molar-refractivity contribution in [1.29, 1.82) is 0 Å². The summed E-state index contributed by atoms with van der Waals surface area (Å²) >= 11 is 0. The molecule has 0 spiro atoms. The van der Waals surface area contributed by atoms with E-state index >= 15 is 0 Å². The maximum Gasteiger partial charge on any atom is 0.253 e. The van der Waals surface area contributed by atoms with Gasteiger partial charge in [0.15, 0.2) is 0 Å². The minimum absolute atomic E-state index is 0.136. The largest absolute Gasteiger partial charge is 0.474 e. The van der Waals surface area contributed by atoms with E-state index in [4.69, 9.17) is 4.74 Å². The van der Waals surface area contributed by atoms with Crippen LogP contribution in [-0.4, -0.2) is 22.0 Å². The molecule has 1 saturated carbocycles. The number of hydrogen-bond acceptors (Lipinski definition) is 4. The molecule has 1 N–H and O–H groups in total. The number of rotatable bonds is 5. The van der Waals surface area contributed by atoms with Crippen LogP contribution in [0.15, 0.2) is 42.6 Å². The first-order valence-electron chi connectivity index (χ1n) is 9.87. The SMILES string of the molecule is Cc1ccc2cc(C(=O)NCc3cccnc3OC3CCCC3)c(C)nc2c1. The van der Waals surface area contributed by atoms with Gasteiger partial charge in [-0.05, 0) is 63.3 Å². The van der Waals surface area contributed by atoms with E-state index in [2.05, 4.69) is 15.3 Å². The van der Waals surface area contributed by atoms with Gasteiger partial charge in [0, 0.05) is 23.7 Å². The monoisotopic (exact) mass is 375 g/mol. The van der Waals surface area contributed by atoms with Crippen LogP contribution in [0.2, 0.25) is 0 Å². The van der Waals surface area contributed by atoms with Gasteiger partial charge < -0.3 is 10.1 Å². The van der Waals surface area contributed by atoms with Crippen molar-refractivity contribution in [3.05, 3.63) is 65.0 Å². The van der Waals surface area contributed by atoms with Crippen LogP contribution >= 0.6 is 0 Å². The Hall–Kier alpha value is -2.95. The molecule has 1 fully saturated rings. The minimum Gasteiger partial charge on any atom is -0.474 e. The lowest BCUT2D eigenvalue weighted by Gasteiger charge is -2.15. The highest BCUT2D eigenvalue weighted by Gasteiger charge is 2.19. The van der Waals surface area contributed by atoms with Gasteiger partial charge in [0.2, 0.25) is 5.88 Å². The number of amides is 1. The Morgan fingerprint density at radius 2 is 2.00 bits per heavy atom. The van der Waals surface area contributed by atoms with Crippen LogP contribution in [0, 0.1) is 13.8 Å². The van der Waals surface area contributed by atoms with Crippen LogP contribution in [0.4, 0.5) is 0 Å². The molecule has 144 valence electrons. The van der Waals surface area contributed by atoms with Crippen LogP contribution in [0.3, 0.4) is 0 Å². The molecular formula is C23H25N3O2. The molecule has 2 aromatic heterocycles. The van der Waals surface area contributed by atoms with Gasteiger partial charge >= 0.3 is 0 Å². The van der Waals surface area contributed by atoms with Crippen molar-refractivity contribution in [2.75, 3.05) is 0 Å². The zero-order valence-corrected chi connectivity index (χ0v) is 16.4. The molecule has 28 heavy (non-hydrogen) atoms. The number of ether oxygens (including phenoxy) is 1. The molecule has 5 nitrogen and oxygen atoms in total. The van der Waals surface area contributed by atoms with Crippen molar-refractivity contribution in [2.24, 2.45) is 0 Å². The standard InChI is InChI=1S/C23H25N3O2/c1-15-9-10-17-13-20(16(2)26-21(17)12-15)22(27)25-14-18-6-5-11-24-23(18)28-19-7-3-4-8-19/h5-6,9-13,19H,3-4,7-8,14H2,1-2H3,(H,25,27). The second kappa shape index (κ2) is 7.97. The van der Waals surface area contributed by atoms with Crippen LogP contribution < -0.4 is 10.1 Å². The number of nitrogens with one attached hydrogen (secondary N) is 1. The highest BCUT2D eigenvalue weighted by Crippen LogP contribution is 2.25. The molecule has 1 amide bonds. The van der Waals surface area contributed by atoms with E-state index in [-0.39, 0.29) is 12.0 Å². The fourth-order valence-electron chi connectivity index (χ4n) is 3.70. The Morgan fingerprint density at radius 3 is 2.82 bits per heavy atom. The van der Waals surface area contributed by atoms with Crippen molar-refractivity contribution < 1.29 is 9.53 Å². The van der Waals surface area contributed by atoms with E-state index in [1.165, 1.54) is 12.8 Å². The topological polar surface area (TPSA) is 64.1 Å². The Morgan fingerprint density at radius 1 is 1.18 bits per heavy atom. The predicted molar refractivity (Wildman–Crippen MR) is 110 cm³/mol. The summed E-state index contributed by atoms with van der Waals surface area (Å²) in [6.07, 6.45) is 6.52. The number of hydrogen-bond donors (Lipinski definition) is 1. The summed E-state index contributed by atoms with van der Waals surface area (Å²) in [5.41, 5.74) is 4.28. The molecule has 2 heterocycles. The lowest BCUT2D eigenvalue weighted by molar-refractivity contribution is 0.0949. The first-order valence-corrected chi connectivity index (χ1v) is 9.87. The first-order chi connectivity index (χ1) is 13.6. The van der Waals surface area contributed by atoms with Crippen molar-refractivity contribution in [3.63, 3.8) is 0 Å². The predicted octanol–water partition coefficient (Wildman–Crippen LogP) is 4.50. The van der Waals surface area contributed by atoms with E-state index in [0.717, 1.165) is 40.6 Å². The molecule has 0 saturated heterocycles. The average molecular weight is 375 g/mol. The maximum absolute atomic E-state index is 12.8. The number of benzene rings is 1. The van der Waals surface area contributed by atoms with E-state index in [1.807, 2.05) is 50.2 Å². The van der Waals surface area contributed by atoms with Gasteiger partial charge in [0.25, 0.3) is 5.91 Å². The number of fused-ring (bicyclic) bond motifs is 1. The summed E-state index contributed by atoms with van der Waals surface area (Å²) in [6.45, 7) is 4.28. The summed E-state index contributed by atoms with van der Waals surface area (Å²) in [4.78, 5) is 21.8. The molecule has 3 aromatic rings. The number of pyridine rings is 2. The van der Waals surface area contributed by atoms with Crippen LogP contribution in [-0.2, 0) is 6.54 Å². The molecule has 0 aliphatic heterocycles. The van der Waals surface area contributed by atoms with Crippen molar-refractivity contribution >= 4 is 16.8 Å². The third kappa shape index (κ3) is 3.98. The summed E-state index contributed by atoms with van der Waals surface area (Å²) in [6, 6.07) is 11.8. The maximum atomic E-state index is 12.8. The normalized spacial score (nSPS) is 14.4. The summed E-state index contributed by atoms with van der Waals surface area (Å²) in [5, 5.41) is 3.96. The molecule has 0 radical (unpaired) electrons. The van der Waals surface area contributed by atoms with Gasteiger partial charge in [-0.3, -0.25) is 9.78 Å². The second-order valence-electron chi connectivity index (χ2n) is 7.49. The second-order valence-corrected chi connectivity index (χ2v) is 7.49. The third-order valence-electron chi connectivity index (χ3n) is 5.28. The van der Waals surface area contributed by atoms with Crippen molar-refractivity contribution in [2.45, 2.75) is 52.2 Å². The Balaban J connectivity index is 1.49. The molecule has 5 heteroatoms. The molecule has 0 unspecified atom stereocenters. The van der Waals surface area contributed by atoms with Gasteiger partial charge in [0.05, 0.1) is 16.8 Å². The van der Waals surface area contributed by atoms with Crippen molar-refractivity contribution in [1.82, 2.24) is 15.3 Å². The zero-order valence-electron chi connectivity index (χ0n) is 16.4. The fourth-order valence-corrected chi connectivity index (χ4v) is 3.70. The van der Waals surface area contributed by atoms with Gasteiger partial charge in [0.1, 0.15) is 6.10 Å². The van der Waals surface area contributed by atoms with E-state index in [9.17, 15) is 4.79 Å². The summed E-state index contributed by atoms with van der Waals surface area (Å²) in [5.74, 6) is 0.488. The lowest BCUT2D eigenvalue weighted by Crippen LogP contribution is -2.25. The lowest BCUT2D eigenvalue weighted by atomic mass is 10.1. The molecule has 1 aliphatic rings. The zero-order chi connectivity index (χ0) is 19.5. The van der Waals surface area contributed by atoms with Crippen LogP contribution in [0.1, 0.15) is 52.9 Å². The van der Waals surface area contributed by atoms with Crippen LogP contribution in [0.5, 0.6) is 5.88 Å². The van der Waals surface area contributed by atoms with Gasteiger partial charge in [-0.2, -0.15) is 0 Å². The molecule has 0 atom stereocenters. The Labute approximate surface area is 165 Å². The van der Waals surface area contributed by atoms with Gasteiger partial charge in [-0.25, -0.2) is 4.98 Å². The van der Waals surface area contributed by atoms with E-state index in [0.29, 0.717) is 18.0 Å². The molecule has 1 aliphatic carbocycles. The Kier molecular flexibility index (Phi) is 5.24. The highest BCUT2D eigenvalue weighted by molar-refractivity contribution is 5.98. The van der Waals surface area contributed by atoms with Gasteiger partial charge in [-0.1, -0.05) is 18.2 Å². The van der Waals surface area contributed by atoms with E-state index < -0.39 is 0 Å². The number of aryl methyl sites for hydroxylation is 2. The highest BCUT2D eigenvalue weighted by atomic mass is 16.5. The van der Waals surface area contributed by atoms with Gasteiger partial charge in [-0.15, -0.1) is 0 Å². The minimum atomic E-state index is -0.136. The molecule has 1 aromatic carbocycles. The summed E-state index contributed by atoms with van der Waals surface area (Å²) in [7, 11) is 0. The molecule has 4 rings (SSSR count). The third-order valence-corrected chi connectivity index (χ3v) is 5.28. The summed E-state index contributed by atoms with van der Waals surface area (Å²) < 4.78 is 6.06. The smallest absolute Gasteiger partial charge is 0.253 e. The van der Waals surface area contributed by atoms with Crippen LogP contribution in [0.25, 0.3) is 10.9 Å². The quantitative estimate of drug-likeness (QED) is 0.713. The average Bonchev–Trinajstić information content (AvgIpc) is 3.19. The fraction of sp³-hybridized carbons (Fsp3) is 0.348. The molecule has 0 bridgehead atoms. The van der Waals surface area contributed by atoms with Crippen molar-refractivity contribution in [3.8, 4) is 5.88 Å². The molecular weight excluding hydrogens is 350 g/mol. The van der Waals surface area contributed by atoms with E-state index in [1.54, 1.807) is 6.20 Å². The number of aromatic nitrogens is 2.